The maximum absolute atomic E-state index is 11.7. The summed E-state index contributed by atoms with van der Waals surface area (Å²) in [5.41, 5.74) is 2.93. The number of benzene rings is 1. The first-order valence-electron chi connectivity index (χ1n) is 9.49. The second-order valence-corrected chi connectivity index (χ2v) is 7.22. The smallest absolute Gasteiger partial charge is 0.338 e. The maximum atomic E-state index is 11.7. The molecule has 0 radical (unpaired) electrons. The van der Waals surface area contributed by atoms with E-state index in [-0.39, 0.29) is 12.3 Å². The molecular weight excluding hydrogens is 356 g/mol. The fraction of sp³-hybridized carbons (Fsp3) is 0.364. The summed E-state index contributed by atoms with van der Waals surface area (Å²) in [6, 6.07) is 13.3. The number of aliphatic hydroxyl groups excluding tert-OH is 2. The molecule has 2 heterocycles. The van der Waals surface area contributed by atoms with Gasteiger partial charge in [-0.15, -0.1) is 0 Å². The molecule has 2 N–H and O–H groups in total. The number of ether oxygens (including phenoxy) is 1. The molecular formula is C22H26N2O4. The minimum atomic E-state index is -1.67. The molecule has 0 unspecified atom stereocenters. The molecule has 2 aromatic heterocycles. The average molecular weight is 382 g/mol. The van der Waals surface area contributed by atoms with Crippen molar-refractivity contribution in [1.82, 2.24) is 9.55 Å². The fourth-order valence-corrected chi connectivity index (χ4v) is 3.21. The van der Waals surface area contributed by atoms with Crippen molar-refractivity contribution in [3.8, 4) is 11.3 Å². The zero-order chi connectivity index (χ0) is 20.3. The van der Waals surface area contributed by atoms with Crippen molar-refractivity contribution in [1.29, 1.82) is 0 Å². The quantitative estimate of drug-likeness (QED) is 0.613. The van der Waals surface area contributed by atoms with Crippen LogP contribution in [0.3, 0.4) is 0 Å². The number of rotatable bonds is 7. The van der Waals surface area contributed by atoms with E-state index in [4.69, 9.17) is 4.74 Å². The highest BCUT2D eigenvalue weighted by Crippen LogP contribution is 2.26. The molecule has 0 aliphatic heterocycles. The second kappa shape index (κ2) is 8.54. The van der Waals surface area contributed by atoms with Crippen LogP contribution in [0.1, 0.15) is 32.6 Å². The van der Waals surface area contributed by atoms with Gasteiger partial charge >= 0.3 is 5.97 Å². The Kier molecular flexibility index (Phi) is 6.11. The SMILES string of the molecule is CCOC(=O)[C@H](O)[C@@H](O)c1cccc(-c2ccc3c(ccn3CC(C)C)c2)n1. The van der Waals surface area contributed by atoms with Crippen molar-refractivity contribution < 1.29 is 19.7 Å². The third-order valence-corrected chi connectivity index (χ3v) is 4.53. The minimum Gasteiger partial charge on any atom is -0.464 e. The molecule has 0 amide bonds. The van der Waals surface area contributed by atoms with E-state index in [0.717, 1.165) is 23.0 Å². The van der Waals surface area contributed by atoms with Gasteiger partial charge in [0.2, 0.25) is 0 Å². The lowest BCUT2D eigenvalue weighted by atomic mass is 10.1. The minimum absolute atomic E-state index is 0.131. The molecule has 0 saturated carbocycles. The molecule has 0 saturated heterocycles. The largest absolute Gasteiger partial charge is 0.464 e. The highest BCUT2D eigenvalue weighted by Gasteiger charge is 2.28. The van der Waals surface area contributed by atoms with Crippen molar-refractivity contribution in [3.63, 3.8) is 0 Å². The van der Waals surface area contributed by atoms with Crippen LogP contribution in [0.15, 0.2) is 48.7 Å². The van der Waals surface area contributed by atoms with Crippen LogP contribution in [-0.4, -0.2) is 38.4 Å². The molecule has 6 nitrogen and oxygen atoms in total. The van der Waals surface area contributed by atoms with Crippen molar-refractivity contribution in [2.24, 2.45) is 5.92 Å². The van der Waals surface area contributed by atoms with E-state index in [2.05, 4.69) is 41.7 Å². The van der Waals surface area contributed by atoms with Gasteiger partial charge in [0, 0.05) is 29.2 Å². The van der Waals surface area contributed by atoms with Crippen LogP contribution >= 0.6 is 0 Å². The standard InChI is InChI=1S/C22H26N2O4/c1-4-28-22(27)21(26)20(25)18-7-5-6-17(23-18)15-8-9-19-16(12-15)10-11-24(19)13-14(2)3/h5-12,14,20-21,25-26H,4,13H2,1-3H3/t20-,21+/m0/s1. The Bertz CT molecular complexity index is 964. The van der Waals surface area contributed by atoms with E-state index < -0.39 is 18.2 Å². The predicted molar refractivity (Wildman–Crippen MR) is 108 cm³/mol. The van der Waals surface area contributed by atoms with Gasteiger partial charge in [0.1, 0.15) is 6.10 Å². The molecule has 0 aliphatic rings. The van der Waals surface area contributed by atoms with Gasteiger partial charge in [-0.3, -0.25) is 0 Å². The second-order valence-electron chi connectivity index (χ2n) is 7.22. The molecule has 0 bridgehead atoms. The number of fused-ring (bicyclic) bond motifs is 1. The number of hydrogen-bond acceptors (Lipinski definition) is 5. The lowest BCUT2D eigenvalue weighted by Gasteiger charge is -2.16. The van der Waals surface area contributed by atoms with Crippen LogP contribution in [0.25, 0.3) is 22.2 Å². The van der Waals surface area contributed by atoms with Crippen LogP contribution in [0.2, 0.25) is 0 Å². The molecule has 3 rings (SSSR count). The van der Waals surface area contributed by atoms with Gasteiger partial charge in [-0.05, 0) is 43.2 Å². The summed E-state index contributed by atoms with van der Waals surface area (Å²) in [5, 5.41) is 21.4. The Hall–Kier alpha value is -2.70. The number of aliphatic hydroxyl groups is 2. The van der Waals surface area contributed by atoms with Crippen LogP contribution in [0.4, 0.5) is 0 Å². The number of hydrogen-bond donors (Lipinski definition) is 2. The van der Waals surface area contributed by atoms with Gasteiger partial charge in [0.05, 0.1) is 18.0 Å². The molecule has 3 aromatic rings. The Morgan fingerprint density at radius 2 is 1.96 bits per heavy atom. The summed E-state index contributed by atoms with van der Waals surface area (Å²) in [6.45, 7) is 7.10. The van der Waals surface area contributed by atoms with Crippen molar-refractivity contribution in [3.05, 3.63) is 54.4 Å². The normalized spacial score (nSPS) is 13.6. The number of aromatic nitrogens is 2. The van der Waals surface area contributed by atoms with Gasteiger partial charge in [-0.2, -0.15) is 0 Å². The molecule has 2 atom stereocenters. The molecule has 0 aliphatic carbocycles. The molecule has 0 spiro atoms. The van der Waals surface area contributed by atoms with Gasteiger partial charge < -0.3 is 19.5 Å². The van der Waals surface area contributed by atoms with E-state index in [1.165, 1.54) is 0 Å². The van der Waals surface area contributed by atoms with Gasteiger partial charge in [0.15, 0.2) is 6.10 Å². The van der Waals surface area contributed by atoms with E-state index in [9.17, 15) is 15.0 Å². The van der Waals surface area contributed by atoms with Crippen LogP contribution < -0.4 is 0 Å². The number of pyridine rings is 1. The molecule has 0 fully saturated rings. The monoisotopic (exact) mass is 382 g/mol. The number of nitrogens with zero attached hydrogens (tertiary/aromatic N) is 2. The summed E-state index contributed by atoms with van der Waals surface area (Å²) >= 11 is 0. The number of carbonyl (C=O) groups excluding carboxylic acids is 1. The first-order valence-corrected chi connectivity index (χ1v) is 9.49. The Labute approximate surface area is 164 Å². The van der Waals surface area contributed by atoms with Crippen LogP contribution in [-0.2, 0) is 16.1 Å². The third kappa shape index (κ3) is 4.24. The van der Waals surface area contributed by atoms with Gasteiger partial charge in [-0.1, -0.05) is 26.0 Å². The Balaban J connectivity index is 1.88. The number of carbonyl (C=O) groups is 1. The Morgan fingerprint density at radius 1 is 1.18 bits per heavy atom. The molecule has 1 aromatic carbocycles. The summed E-state index contributed by atoms with van der Waals surface area (Å²) in [6.07, 6.45) is -1.04. The van der Waals surface area contributed by atoms with Crippen molar-refractivity contribution >= 4 is 16.9 Å². The summed E-state index contributed by atoms with van der Waals surface area (Å²) in [5.74, 6) is -0.309. The summed E-state index contributed by atoms with van der Waals surface area (Å²) in [4.78, 5) is 16.1. The lowest BCUT2D eigenvalue weighted by molar-refractivity contribution is -0.159. The third-order valence-electron chi connectivity index (χ3n) is 4.53. The molecule has 6 heteroatoms. The van der Waals surface area contributed by atoms with Gasteiger partial charge in [0.25, 0.3) is 0 Å². The summed E-state index contributed by atoms with van der Waals surface area (Å²) in [7, 11) is 0. The van der Waals surface area contributed by atoms with Crippen molar-refractivity contribution in [2.75, 3.05) is 6.61 Å². The molecule has 28 heavy (non-hydrogen) atoms. The van der Waals surface area contributed by atoms with Crippen LogP contribution in [0.5, 0.6) is 0 Å². The van der Waals surface area contributed by atoms with Gasteiger partial charge in [-0.25, -0.2) is 9.78 Å². The average Bonchev–Trinajstić information content (AvgIpc) is 3.08. The zero-order valence-corrected chi connectivity index (χ0v) is 16.4. The van der Waals surface area contributed by atoms with E-state index in [1.54, 1.807) is 19.1 Å². The zero-order valence-electron chi connectivity index (χ0n) is 16.4. The Morgan fingerprint density at radius 3 is 2.68 bits per heavy atom. The highest BCUT2D eigenvalue weighted by atomic mass is 16.5. The van der Waals surface area contributed by atoms with Crippen LogP contribution in [0, 0.1) is 5.92 Å². The summed E-state index contributed by atoms with van der Waals surface area (Å²) < 4.78 is 6.99. The van der Waals surface area contributed by atoms with Crippen molar-refractivity contribution in [2.45, 2.75) is 39.5 Å². The predicted octanol–water partition coefficient (Wildman–Crippen LogP) is 3.32. The topological polar surface area (TPSA) is 84.6 Å². The first-order chi connectivity index (χ1) is 13.4. The molecule has 148 valence electrons. The van der Waals surface area contributed by atoms with E-state index in [1.807, 2.05) is 18.2 Å². The van der Waals surface area contributed by atoms with E-state index in [0.29, 0.717) is 11.6 Å². The highest BCUT2D eigenvalue weighted by molar-refractivity contribution is 5.85. The first kappa shape index (κ1) is 20.0. The number of esters is 1. The van der Waals surface area contributed by atoms with E-state index >= 15 is 0 Å². The lowest BCUT2D eigenvalue weighted by Crippen LogP contribution is -2.30. The maximum Gasteiger partial charge on any atom is 0.338 e. The fourth-order valence-electron chi connectivity index (χ4n) is 3.21.